The van der Waals surface area contributed by atoms with E-state index in [0.717, 1.165) is 31.4 Å². The number of nitrogens with one attached hydrogen (secondary N) is 1. The summed E-state index contributed by atoms with van der Waals surface area (Å²) in [5, 5.41) is 3.60. The topological polar surface area (TPSA) is 12.0 Å². The van der Waals surface area contributed by atoms with Crippen molar-refractivity contribution < 1.29 is 0 Å². The van der Waals surface area contributed by atoms with Crippen LogP contribution in [-0.4, -0.2) is 0 Å². The summed E-state index contributed by atoms with van der Waals surface area (Å²) in [6.45, 7) is 0. The highest BCUT2D eigenvalue weighted by molar-refractivity contribution is 5.76. The largest absolute Gasteiger partial charge is 0.359 e. The molecule has 1 N–H and O–H groups in total. The minimum atomic E-state index is 1.09. The summed E-state index contributed by atoms with van der Waals surface area (Å²) >= 11 is 0. The normalized spacial score (nSPS) is 17.0. The summed E-state index contributed by atoms with van der Waals surface area (Å²) in [5.41, 5.74) is 7.86. The molecule has 2 aromatic carbocycles. The van der Waals surface area contributed by atoms with Crippen molar-refractivity contribution in [2.24, 2.45) is 0 Å². The maximum absolute atomic E-state index is 3.60. The monoisotopic (exact) mass is 339 g/mol. The Kier molecular flexibility index (Phi) is 5.16. The highest BCUT2D eigenvalue weighted by Crippen LogP contribution is 2.27. The van der Waals surface area contributed by atoms with Gasteiger partial charge in [-0.2, -0.15) is 0 Å². The smallest absolute Gasteiger partial charge is 0.0382 e. The van der Waals surface area contributed by atoms with Crippen molar-refractivity contribution in [2.45, 2.75) is 32.1 Å². The molecule has 1 heteroatoms. The lowest BCUT2D eigenvalue weighted by Gasteiger charge is -2.11. The van der Waals surface area contributed by atoms with Gasteiger partial charge < -0.3 is 5.32 Å². The lowest BCUT2D eigenvalue weighted by molar-refractivity contribution is 0.853. The van der Waals surface area contributed by atoms with Crippen LogP contribution in [0, 0.1) is 0 Å². The van der Waals surface area contributed by atoms with Gasteiger partial charge in [0.15, 0.2) is 0 Å². The van der Waals surface area contributed by atoms with Crippen LogP contribution >= 0.6 is 0 Å². The first kappa shape index (κ1) is 16.7. The molecule has 2 aliphatic rings. The van der Waals surface area contributed by atoms with E-state index in [2.05, 4.69) is 90.3 Å². The number of hydrogen-bond acceptors (Lipinski definition) is 1. The molecule has 0 fully saturated rings. The number of benzene rings is 2. The molecule has 4 rings (SSSR count). The molecule has 2 aliphatic carbocycles. The minimum absolute atomic E-state index is 1.09. The third-order valence-corrected chi connectivity index (χ3v) is 5.04. The fraction of sp³-hybridized carbons (Fsp3) is 0.200. The van der Waals surface area contributed by atoms with Gasteiger partial charge in [0.1, 0.15) is 0 Å². The van der Waals surface area contributed by atoms with Gasteiger partial charge in [0, 0.05) is 11.4 Å². The summed E-state index contributed by atoms with van der Waals surface area (Å²) in [5.74, 6) is 0. The first-order valence-corrected chi connectivity index (χ1v) is 9.58. The zero-order chi connectivity index (χ0) is 17.6. The molecule has 1 nitrogen and oxygen atoms in total. The van der Waals surface area contributed by atoms with Crippen molar-refractivity contribution in [3.8, 4) is 0 Å². The fourth-order valence-corrected chi connectivity index (χ4v) is 3.59. The quantitative estimate of drug-likeness (QED) is 0.633. The standard InChI is InChI=1S/C25H25N/c1-3-8-20(9-4-1)22-12-7-13-24(17-14-22)26-25-18-15-23(16-19-25)21-10-5-2-6-11-21/h1,3-5,8-11,14-19,26H,2,6-7,12-13H2. The molecule has 2 aromatic rings. The highest BCUT2D eigenvalue weighted by Gasteiger charge is 2.07. The van der Waals surface area contributed by atoms with E-state index < -0.39 is 0 Å². The average molecular weight is 339 g/mol. The molecule has 0 saturated carbocycles. The van der Waals surface area contributed by atoms with E-state index in [1.807, 2.05) is 0 Å². The van der Waals surface area contributed by atoms with E-state index in [0.29, 0.717) is 0 Å². The van der Waals surface area contributed by atoms with Crippen molar-refractivity contribution in [3.05, 3.63) is 102 Å². The van der Waals surface area contributed by atoms with Gasteiger partial charge in [0.05, 0.1) is 0 Å². The Balaban J connectivity index is 1.46. The van der Waals surface area contributed by atoms with E-state index in [1.165, 1.54) is 34.4 Å². The van der Waals surface area contributed by atoms with Crippen molar-refractivity contribution in [1.29, 1.82) is 0 Å². The third kappa shape index (κ3) is 4.05. The maximum atomic E-state index is 3.60. The molecule has 0 aromatic heterocycles. The number of anilines is 1. The van der Waals surface area contributed by atoms with Crippen LogP contribution in [0.2, 0.25) is 0 Å². The van der Waals surface area contributed by atoms with Gasteiger partial charge in [-0.05, 0) is 72.6 Å². The Labute approximate surface area is 156 Å². The Morgan fingerprint density at radius 3 is 2.35 bits per heavy atom. The molecule has 0 heterocycles. The summed E-state index contributed by atoms with van der Waals surface area (Å²) in [7, 11) is 0. The second-order valence-corrected chi connectivity index (χ2v) is 6.94. The fourth-order valence-electron chi connectivity index (χ4n) is 3.59. The predicted octanol–water partition coefficient (Wildman–Crippen LogP) is 6.98. The molecule has 26 heavy (non-hydrogen) atoms. The van der Waals surface area contributed by atoms with Gasteiger partial charge in [-0.15, -0.1) is 0 Å². The summed E-state index contributed by atoms with van der Waals surface area (Å²) in [6.07, 6.45) is 17.0. The molecule has 0 bridgehead atoms. The minimum Gasteiger partial charge on any atom is -0.359 e. The number of allylic oxidation sites excluding steroid dienone is 8. The number of hydrogen-bond donors (Lipinski definition) is 1. The van der Waals surface area contributed by atoms with Gasteiger partial charge in [0.2, 0.25) is 0 Å². The summed E-state index contributed by atoms with van der Waals surface area (Å²) in [4.78, 5) is 0. The first-order valence-electron chi connectivity index (χ1n) is 9.58. The van der Waals surface area contributed by atoms with Crippen LogP contribution in [0.25, 0.3) is 11.1 Å². The van der Waals surface area contributed by atoms with E-state index in [-0.39, 0.29) is 0 Å². The number of rotatable bonds is 4. The van der Waals surface area contributed by atoms with Crippen molar-refractivity contribution in [3.63, 3.8) is 0 Å². The highest BCUT2D eigenvalue weighted by atomic mass is 14.9. The second kappa shape index (κ2) is 8.05. The molecule has 0 atom stereocenters. The van der Waals surface area contributed by atoms with Crippen molar-refractivity contribution >= 4 is 16.8 Å². The van der Waals surface area contributed by atoms with E-state index >= 15 is 0 Å². The molecular formula is C25H25N. The van der Waals surface area contributed by atoms with Crippen LogP contribution in [0.15, 0.2) is 90.7 Å². The van der Waals surface area contributed by atoms with Gasteiger partial charge in [-0.3, -0.25) is 0 Å². The summed E-state index contributed by atoms with van der Waals surface area (Å²) in [6, 6.07) is 19.5. The Hall–Kier alpha value is -2.80. The Morgan fingerprint density at radius 2 is 1.58 bits per heavy atom. The molecular weight excluding hydrogens is 314 g/mol. The summed E-state index contributed by atoms with van der Waals surface area (Å²) < 4.78 is 0. The zero-order valence-electron chi connectivity index (χ0n) is 15.1. The molecule has 0 unspecified atom stereocenters. The van der Waals surface area contributed by atoms with Crippen LogP contribution in [-0.2, 0) is 0 Å². The lowest BCUT2D eigenvalue weighted by atomic mass is 9.99. The maximum Gasteiger partial charge on any atom is 0.0382 e. The van der Waals surface area contributed by atoms with Gasteiger partial charge in [-0.1, -0.05) is 66.8 Å². The zero-order valence-corrected chi connectivity index (χ0v) is 15.1. The van der Waals surface area contributed by atoms with E-state index in [4.69, 9.17) is 0 Å². The van der Waals surface area contributed by atoms with Crippen molar-refractivity contribution in [2.75, 3.05) is 5.32 Å². The molecule has 0 saturated heterocycles. The molecule has 130 valence electrons. The first-order chi connectivity index (χ1) is 12.9. The SMILES string of the molecule is C1=CC(c2ccc(NC3=CC=C(c4ccccc4)CCC3)cc2)=CCC1. The third-order valence-electron chi connectivity index (χ3n) is 5.04. The molecule has 0 aliphatic heterocycles. The molecule has 0 spiro atoms. The van der Waals surface area contributed by atoms with Gasteiger partial charge in [-0.25, -0.2) is 0 Å². The Bertz CT molecular complexity index is 864. The van der Waals surface area contributed by atoms with Crippen LogP contribution in [0.5, 0.6) is 0 Å². The van der Waals surface area contributed by atoms with Crippen LogP contribution < -0.4 is 5.32 Å². The second-order valence-electron chi connectivity index (χ2n) is 6.94. The van der Waals surface area contributed by atoms with E-state index in [9.17, 15) is 0 Å². The predicted molar refractivity (Wildman–Crippen MR) is 113 cm³/mol. The molecule has 0 amide bonds. The van der Waals surface area contributed by atoms with Gasteiger partial charge in [0.25, 0.3) is 0 Å². The average Bonchev–Trinajstić information content (AvgIpc) is 2.96. The Morgan fingerprint density at radius 1 is 0.731 bits per heavy atom. The van der Waals surface area contributed by atoms with Crippen LogP contribution in [0.3, 0.4) is 0 Å². The van der Waals surface area contributed by atoms with Gasteiger partial charge >= 0.3 is 0 Å². The lowest BCUT2D eigenvalue weighted by Crippen LogP contribution is -1.99. The van der Waals surface area contributed by atoms with Crippen LogP contribution in [0.1, 0.15) is 43.2 Å². The van der Waals surface area contributed by atoms with Crippen LogP contribution in [0.4, 0.5) is 5.69 Å². The van der Waals surface area contributed by atoms with Crippen molar-refractivity contribution in [1.82, 2.24) is 0 Å². The van der Waals surface area contributed by atoms with E-state index in [1.54, 1.807) is 0 Å². The molecule has 0 radical (unpaired) electrons.